The summed E-state index contributed by atoms with van der Waals surface area (Å²) >= 11 is 5.30. The van der Waals surface area contributed by atoms with Crippen LogP contribution in [0.4, 0.5) is 0 Å². The van der Waals surface area contributed by atoms with Crippen molar-refractivity contribution >= 4 is 37.2 Å². The third kappa shape index (κ3) is 5.46. The third-order valence-corrected chi connectivity index (χ3v) is 2.34. The molecule has 0 aromatic rings. The van der Waals surface area contributed by atoms with Crippen LogP contribution in [0, 0.1) is 0 Å². The average Bonchev–Trinajstić information content (AvgIpc) is 2.01. The Morgan fingerprint density at radius 1 is 1.00 bits per heavy atom. The Kier molecular flexibility index (Phi) is 7.75. The number of ether oxygens (including phenoxy) is 2. The van der Waals surface area contributed by atoms with Gasteiger partial charge in [0.25, 0.3) is 0 Å². The van der Waals surface area contributed by atoms with E-state index in [4.69, 9.17) is 9.47 Å². The van der Waals surface area contributed by atoms with E-state index in [2.05, 4.69) is 37.2 Å². The van der Waals surface area contributed by atoms with Crippen LogP contribution in [0.1, 0.15) is 27.7 Å². The van der Waals surface area contributed by atoms with Crippen LogP contribution >= 0.6 is 37.2 Å². The molecule has 15 heavy (non-hydrogen) atoms. The van der Waals surface area contributed by atoms with Crippen LogP contribution in [-0.4, -0.2) is 34.0 Å². The van der Waals surface area contributed by atoms with E-state index in [1.54, 1.807) is 13.8 Å². The van der Waals surface area contributed by atoms with E-state index in [1.165, 1.54) is 13.8 Å². The van der Waals surface area contributed by atoms with Gasteiger partial charge in [0.2, 0.25) is 0 Å². The normalized spacial score (nSPS) is 45.9. The minimum atomic E-state index is -1.32. The number of halogens is 3. The number of aliphatic hydroxyl groups is 2. The summed E-state index contributed by atoms with van der Waals surface area (Å²) in [4.78, 5) is 0. The second-order valence-corrected chi connectivity index (χ2v) is 19.9. The molecule has 94 valence electrons. The molecule has 2 N–H and O–H groups in total. The predicted molar refractivity (Wildman–Crippen MR) is 70.4 cm³/mol. The molecule has 1 rings (SSSR count). The SMILES string of the molecule is CC1OC(C)(O)C(C)OC1(C)O.I[I-]I. The van der Waals surface area contributed by atoms with Crippen LogP contribution < -0.4 is 13.3 Å². The third-order valence-electron chi connectivity index (χ3n) is 2.34. The van der Waals surface area contributed by atoms with Gasteiger partial charge in [-0.05, 0) is 27.7 Å². The average molecular weight is 557 g/mol. The Morgan fingerprint density at radius 2 is 1.20 bits per heavy atom. The Labute approximate surface area is 120 Å². The van der Waals surface area contributed by atoms with Gasteiger partial charge in [0, 0.05) is 0 Å². The van der Waals surface area contributed by atoms with E-state index in [-0.39, 0.29) is 0 Å². The maximum atomic E-state index is 9.59. The molecule has 0 amide bonds. The topological polar surface area (TPSA) is 58.9 Å². The Hall–Kier alpha value is 2.03. The molecule has 0 bridgehead atoms. The number of rotatable bonds is 0. The van der Waals surface area contributed by atoms with Gasteiger partial charge in [-0.2, -0.15) is 0 Å². The first-order valence-electron chi connectivity index (χ1n) is 4.34. The van der Waals surface area contributed by atoms with Crippen molar-refractivity contribution in [2.45, 2.75) is 51.5 Å². The number of hydrogen-bond donors (Lipinski definition) is 2. The molecule has 0 saturated carbocycles. The van der Waals surface area contributed by atoms with Gasteiger partial charge in [0.15, 0.2) is 11.6 Å². The van der Waals surface area contributed by atoms with Crippen LogP contribution in [0.3, 0.4) is 0 Å². The molecule has 1 saturated heterocycles. The molecule has 1 heterocycles. The molecule has 7 heteroatoms. The fourth-order valence-corrected chi connectivity index (χ4v) is 1.13. The van der Waals surface area contributed by atoms with Crippen molar-refractivity contribution in [2.24, 2.45) is 0 Å². The summed E-state index contributed by atoms with van der Waals surface area (Å²) in [6.07, 6.45) is -1.08. The summed E-state index contributed by atoms with van der Waals surface area (Å²) in [6, 6.07) is 0. The zero-order valence-electron chi connectivity index (χ0n) is 9.00. The summed E-state index contributed by atoms with van der Waals surface area (Å²) < 4.78 is 10.4. The molecular weight excluding hydrogens is 541 g/mol. The first kappa shape index (κ1) is 17.0. The fourth-order valence-electron chi connectivity index (χ4n) is 1.13. The van der Waals surface area contributed by atoms with Crippen LogP contribution in [-0.2, 0) is 9.47 Å². The quantitative estimate of drug-likeness (QED) is 0.376. The summed E-state index contributed by atoms with van der Waals surface area (Å²) in [5.41, 5.74) is 0. The summed E-state index contributed by atoms with van der Waals surface area (Å²) in [7, 11) is 0. The van der Waals surface area contributed by atoms with Crippen LogP contribution in [0.25, 0.3) is 0 Å². The molecule has 0 aliphatic carbocycles. The van der Waals surface area contributed by atoms with Crippen LogP contribution in [0.2, 0.25) is 0 Å². The van der Waals surface area contributed by atoms with E-state index in [0.717, 1.165) is 0 Å². The van der Waals surface area contributed by atoms with Crippen molar-refractivity contribution < 1.29 is 32.9 Å². The van der Waals surface area contributed by atoms with E-state index in [0.29, 0.717) is 13.3 Å². The molecule has 0 aromatic heterocycles. The van der Waals surface area contributed by atoms with Crippen molar-refractivity contribution in [3.05, 3.63) is 0 Å². The molecule has 0 radical (unpaired) electrons. The molecule has 1 aliphatic rings. The van der Waals surface area contributed by atoms with Crippen molar-refractivity contribution in [2.75, 3.05) is 0 Å². The van der Waals surface area contributed by atoms with Gasteiger partial charge in [-0.1, -0.05) is 0 Å². The van der Waals surface area contributed by atoms with E-state index >= 15 is 0 Å². The van der Waals surface area contributed by atoms with Crippen molar-refractivity contribution in [1.29, 1.82) is 0 Å². The summed E-state index contributed by atoms with van der Waals surface area (Å²) in [6.45, 7) is 6.34. The van der Waals surface area contributed by atoms with Gasteiger partial charge in [0.1, 0.15) is 12.2 Å². The fraction of sp³-hybridized carbons (Fsp3) is 1.00. The van der Waals surface area contributed by atoms with Crippen LogP contribution in [0.5, 0.6) is 0 Å². The van der Waals surface area contributed by atoms with E-state index in [1.807, 2.05) is 0 Å². The van der Waals surface area contributed by atoms with Gasteiger partial charge < -0.3 is 19.7 Å². The molecule has 0 spiro atoms. The molecular formula is C8H16I3O4-. The van der Waals surface area contributed by atoms with Gasteiger partial charge >= 0.3 is 50.5 Å². The van der Waals surface area contributed by atoms with Gasteiger partial charge in [-0.3, -0.25) is 0 Å². The second-order valence-electron chi connectivity index (χ2n) is 3.68. The molecule has 4 atom stereocenters. The summed E-state index contributed by atoms with van der Waals surface area (Å²) in [5, 5.41) is 19.2. The first-order valence-corrected chi connectivity index (χ1v) is 16.9. The van der Waals surface area contributed by atoms with Crippen molar-refractivity contribution in [1.82, 2.24) is 0 Å². The van der Waals surface area contributed by atoms with Crippen molar-refractivity contribution in [3.8, 4) is 0 Å². The second kappa shape index (κ2) is 6.83. The van der Waals surface area contributed by atoms with Gasteiger partial charge in [0.05, 0.1) is 0 Å². The van der Waals surface area contributed by atoms with Crippen LogP contribution in [0.15, 0.2) is 0 Å². The monoisotopic (exact) mass is 557 g/mol. The van der Waals surface area contributed by atoms with Gasteiger partial charge in [-0.25, -0.2) is 0 Å². The zero-order valence-corrected chi connectivity index (χ0v) is 15.5. The summed E-state index contributed by atoms with van der Waals surface area (Å²) in [5.74, 6) is -2.64. The Balaban J connectivity index is 0.000000583. The molecule has 1 fully saturated rings. The molecule has 1 aliphatic heterocycles. The first-order chi connectivity index (χ1) is 6.67. The number of hydrogen-bond acceptors (Lipinski definition) is 4. The predicted octanol–water partition coefficient (Wildman–Crippen LogP) is -0.997. The Bertz CT molecular complexity index is 178. The standard InChI is InChI=1S/C8H16O4.I3/c1-5-7(3,9)12-6(2)8(4,10)11-5;1-3-2/h5-6,9-10H,1-4H3;/q;-1. The van der Waals surface area contributed by atoms with Gasteiger partial charge in [-0.15, -0.1) is 0 Å². The molecule has 0 aromatic carbocycles. The molecule has 4 nitrogen and oxygen atoms in total. The Morgan fingerprint density at radius 3 is 1.40 bits per heavy atom. The molecule has 4 unspecified atom stereocenters. The minimum absolute atomic E-state index is 0.530. The van der Waals surface area contributed by atoms with E-state index in [9.17, 15) is 10.2 Å². The maximum absolute atomic E-state index is 9.59. The van der Waals surface area contributed by atoms with Crippen molar-refractivity contribution in [3.63, 3.8) is 0 Å². The van der Waals surface area contributed by atoms with E-state index < -0.39 is 23.8 Å². The zero-order chi connectivity index (χ0) is 12.3.